The number of fused-ring (bicyclic) bond motifs is 1. The summed E-state index contributed by atoms with van der Waals surface area (Å²) in [6.45, 7) is 5.04. The standard InChI is InChI=1S/C18H19N3/c1-3-20-18(14-8-9-21-13(2)10-14)17-12-19-11-15-6-4-5-7-16(15)17/h4-12,18,20H,3H2,1-2H3. The van der Waals surface area contributed by atoms with Crippen molar-refractivity contribution in [3.63, 3.8) is 0 Å². The number of hydrogen-bond donors (Lipinski definition) is 1. The molecule has 1 unspecified atom stereocenters. The fourth-order valence-corrected chi connectivity index (χ4v) is 2.73. The van der Waals surface area contributed by atoms with Crippen molar-refractivity contribution >= 4 is 10.8 Å². The fraction of sp³-hybridized carbons (Fsp3) is 0.222. The lowest BCUT2D eigenvalue weighted by Gasteiger charge is -2.20. The molecule has 3 aromatic rings. The van der Waals surface area contributed by atoms with E-state index in [0.717, 1.165) is 12.2 Å². The maximum atomic E-state index is 4.41. The summed E-state index contributed by atoms with van der Waals surface area (Å²) in [6.07, 6.45) is 5.75. The van der Waals surface area contributed by atoms with Crippen molar-refractivity contribution in [2.24, 2.45) is 0 Å². The van der Waals surface area contributed by atoms with Crippen molar-refractivity contribution in [2.45, 2.75) is 19.9 Å². The van der Waals surface area contributed by atoms with E-state index in [1.165, 1.54) is 21.9 Å². The summed E-state index contributed by atoms with van der Waals surface area (Å²) in [5.74, 6) is 0. The zero-order chi connectivity index (χ0) is 14.7. The van der Waals surface area contributed by atoms with Crippen LogP contribution in [0.3, 0.4) is 0 Å². The van der Waals surface area contributed by atoms with Gasteiger partial charge < -0.3 is 5.32 Å². The maximum absolute atomic E-state index is 4.41. The normalized spacial score (nSPS) is 12.5. The largest absolute Gasteiger partial charge is 0.306 e. The first-order chi connectivity index (χ1) is 10.3. The highest BCUT2D eigenvalue weighted by Gasteiger charge is 2.16. The molecule has 21 heavy (non-hydrogen) atoms. The lowest BCUT2D eigenvalue weighted by molar-refractivity contribution is 0.631. The van der Waals surface area contributed by atoms with Gasteiger partial charge in [-0.25, -0.2) is 0 Å². The van der Waals surface area contributed by atoms with Gasteiger partial charge in [-0.15, -0.1) is 0 Å². The Kier molecular flexibility index (Phi) is 3.93. The molecule has 0 amide bonds. The number of aromatic nitrogens is 2. The Morgan fingerprint density at radius 1 is 1.14 bits per heavy atom. The first-order valence-electron chi connectivity index (χ1n) is 7.28. The van der Waals surface area contributed by atoms with Crippen LogP contribution in [-0.4, -0.2) is 16.5 Å². The van der Waals surface area contributed by atoms with Crippen molar-refractivity contribution in [1.82, 2.24) is 15.3 Å². The minimum absolute atomic E-state index is 0.135. The Balaban J connectivity index is 2.16. The van der Waals surface area contributed by atoms with Gasteiger partial charge in [-0.1, -0.05) is 31.2 Å². The van der Waals surface area contributed by atoms with Gasteiger partial charge in [0.25, 0.3) is 0 Å². The molecule has 2 heterocycles. The molecular formula is C18H19N3. The van der Waals surface area contributed by atoms with Gasteiger partial charge >= 0.3 is 0 Å². The first-order valence-corrected chi connectivity index (χ1v) is 7.28. The van der Waals surface area contributed by atoms with Crippen LogP contribution in [0.4, 0.5) is 0 Å². The number of benzene rings is 1. The monoisotopic (exact) mass is 277 g/mol. The van der Waals surface area contributed by atoms with E-state index in [1.54, 1.807) is 0 Å². The molecule has 0 fully saturated rings. The van der Waals surface area contributed by atoms with Gasteiger partial charge in [0.15, 0.2) is 0 Å². The van der Waals surface area contributed by atoms with E-state index in [9.17, 15) is 0 Å². The van der Waals surface area contributed by atoms with Crippen LogP contribution in [0.25, 0.3) is 10.8 Å². The second-order valence-electron chi connectivity index (χ2n) is 5.17. The highest BCUT2D eigenvalue weighted by molar-refractivity contribution is 5.85. The summed E-state index contributed by atoms with van der Waals surface area (Å²) in [5.41, 5.74) is 3.46. The van der Waals surface area contributed by atoms with Gasteiger partial charge in [0, 0.05) is 29.7 Å². The van der Waals surface area contributed by atoms with Crippen molar-refractivity contribution in [1.29, 1.82) is 0 Å². The van der Waals surface area contributed by atoms with Gasteiger partial charge in [0.2, 0.25) is 0 Å². The third-order valence-corrected chi connectivity index (χ3v) is 3.67. The highest BCUT2D eigenvalue weighted by Crippen LogP contribution is 2.28. The van der Waals surface area contributed by atoms with Crippen molar-refractivity contribution in [3.05, 3.63) is 71.8 Å². The average molecular weight is 277 g/mol. The SMILES string of the molecule is CCNC(c1ccnc(C)c1)c1cncc2ccccc12. The maximum Gasteiger partial charge on any atom is 0.0599 e. The van der Waals surface area contributed by atoms with Crippen LogP contribution >= 0.6 is 0 Å². The third kappa shape index (κ3) is 2.78. The molecule has 106 valence electrons. The topological polar surface area (TPSA) is 37.8 Å². The Hall–Kier alpha value is -2.26. The zero-order valence-corrected chi connectivity index (χ0v) is 12.4. The molecule has 0 spiro atoms. The molecule has 1 N–H and O–H groups in total. The Morgan fingerprint density at radius 2 is 2.00 bits per heavy atom. The van der Waals surface area contributed by atoms with Gasteiger partial charge in [-0.2, -0.15) is 0 Å². The number of pyridine rings is 2. The molecule has 3 rings (SSSR count). The summed E-state index contributed by atoms with van der Waals surface area (Å²) >= 11 is 0. The van der Waals surface area contributed by atoms with Crippen molar-refractivity contribution in [2.75, 3.05) is 6.54 Å². The van der Waals surface area contributed by atoms with Gasteiger partial charge in [0.05, 0.1) is 6.04 Å². The van der Waals surface area contributed by atoms with E-state index >= 15 is 0 Å². The van der Waals surface area contributed by atoms with Crippen LogP contribution in [0.15, 0.2) is 55.0 Å². The number of nitrogens with zero attached hydrogens (tertiary/aromatic N) is 2. The molecule has 1 aromatic carbocycles. The lowest BCUT2D eigenvalue weighted by Crippen LogP contribution is -2.22. The fourth-order valence-electron chi connectivity index (χ4n) is 2.73. The molecule has 0 saturated heterocycles. The second kappa shape index (κ2) is 6.02. The summed E-state index contributed by atoms with van der Waals surface area (Å²) in [4.78, 5) is 8.70. The Bertz CT molecular complexity index is 747. The number of rotatable bonds is 4. The predicted octanol–water partition coefficient (Wildman–Crippen LogP) is 3.64. The minimum atomic E-state index is 0.135. The van der Waals surface area contributed by atoms with Crippen molar-refractivity contribution in [3.8, 4) is 0 Å². The van der Waals surface area contributed by atoms with E-state index in [4.69, 9.17) is 0 Å². The minimum Gasteiger partial charge on any atom is -0.306 e. The molecule has 1 atom stereocenters. The molecule has 0 saturated carbocycles. The number of nitrogens with one attached hydrogen (secondary N) is 1. The van der Waals surface area contributed by atoms with Crippen LogP contribution in [0.5, 0.6) is 0 Å². The van der Waals surface area contributed by atoms with E-state index < -0.39 is 0 Å². The molecule has 3 nitrogen and oxygen atoms in total. The third-order valence-electron chi connectivity index (χ3n) is 3.67. The quantitative estimate of drug-likeness (QED) is 0.791. The van der Waals surface area contributed by atoms with Crippen LogP contribution < -0.4 is 5.32 Å². The number of hydrogen-bond acceptors (Lipinski definition) is 3. The van der Waals surface area contributed by atoms with Crippen LogP contribution in [0.2, 0.25) is 0 Å². The summed E-state index contributed by atoms with van der Waals surface area (Å²) < 4.78 is 0. The van der Waals surface area contributed by atoms with Gasteiger partial charge in [-0.3, -0.25) is 9.97 Å². The van der Waals surface area contributed by atoms with Crippen molar-refractivity contribution < 1.29 is 0 Å². The Morgan fingerprint density at radius 3 is 2.81 bits per heavy atom. The smallest absolute Gasteiger partial charge is 0.0599 e. The predicted molar refractivity (Wildman–Crippen MR) is 86.2 cm³/mol. The second-order valence-corrected chi connectivity index (χ2v) is 5.17. The van der Waals surface area contributed by atoms with E-state index in [1.807, 2.05) is 31.6 Å². The molecule has 0 radical (unpaired) electrons. The van der Waals surface area contributed by atoms with Crippen LogP contribution in [0, 0.1) is 6.92 Å². The zero-order valence-electron chi connectivity index (χ0n) is 12.4. The molecule has 2 aromatic heterocycles. The molecule has 0 bridgehead atoms. The molecule has 0 aliphatic rings. The summed E-state index contributed by atoms with van der Waals surface area (Å²) in [5, 5.41) is 5.98. The van der Waals surface area contributed by atoms with Gasteiger partial charge in [0.1, 0.15) is 0 Å². The van der Waals surface area contributed by atoms with Crippen LogP contribution in [0.1, 0.15) is 29.8 Å². The molecular weight excluding hydrogens is 258 g/mol. The molecule has 0 aliphatic carbocycles. The van der Waals surface area contributed by atoms with E-state index in [2.05, 4.69) is 52.5 Å². The van der Waals surface area contributed by atoms with E-state index in [0.29, 0.717) is 0 Å². The molecule has 0 aliphatic heterocycles. The molecule has 3 heteroatoms. The highest BCUT2D eigenvalue weighted by atomic mass is 14.9. The van der Waals surface area contributed by atoms with Gasteiger partial charge in [-0.05, 0) is 42.1 Å². The summed E-state index contributed by atoms with van der Waals surface area (Å²) in [6, 6.07) is 12.7. The van der Waals surface area contributed by atoms with E-state index in [-0.39, 0.29) is 6.04 Å². The summed E-state index contributed by atoms with van der Waals surface area (Å²) in [7, 11) is 0. The number of aryl methyl sites for hydroxylation is 1. The van der Waals surface area contributed by atoms with Crippen LogP contribution in [-0.2, 0) is 0 Å². The Labute approximate surface area is 125 Å². The average Bonchev–Trinajstić information content (AvgIpc) is 2.52. The first kappa shape index (κ1) is 13.7. The lowest BCUT2D eigenvalue weighted by atomic mass is 9.96.